The van der Waals surface area contributed by atoms with Crippen molar-refractivity contribution in [2.45, 2.75) is 13.3 Å². The first kappa shape index (κ1) is 17.8. The highest BCUT2D eigenvalue weighted by atomic mass is 16.1. The van der Waals surface area contributed by atoms with Crippen LogP contribution < -0.4 is 5.73 Å². The van der Waals surface area contributed by atoms with E-state index in [0.29, 0.717) is 12.1 Å². The summed E-state index contributed by atoms with van der Waals surface area (Å²) in [5.74, 6) is 0. The molecule has 0 unspecified atom stereocenters. The molecular weight excluding hydrogens is 322 g/mol. The number of nitrogens with zero attached hydrogens (tertiary/aromatic N) is 2. The Morgan fingerprint density at radius 3 is 2.50 bits per heavy atom. The smallest absolute Gasteiger partial charge is 0.150 e. The molecule has 2 heterocycles. The Bertz CT molecular complexity index is 925. The van der Waals surface area contributed by atoms with Gasteiger partial charge in [-0.1, -0.05) is 30.3 Å². The first-order valence-corrected chi connectivity index (χ1v) is 8.68. The van der Waals surface area contributed by atoms with Crippen LogP contribution in [-0.4, -0.2) is 23.1 Å². The van der Waals surface area contributed by atoms with Crippen LogP contribution in [0.1, 0.15) is 35.0 Å². The molecule has 2 aromatic rings. The van der Waals surface area contributed by atoms with Gasteiger partial charge in [0, 0.05) is 30.1 Å². The van der Waals surface area contributed by atoms with Gasteiger partial charge in [0.25, 0.3) is 0 Å². The van der Waals surface area contributed by atoms with Crippen LogP contribution in [0.25, 0.3) is 11.6 Å². The van der Waals surface area contributed by atoms with Gasteiger partial charge in [0.1, 0.15) is 6.29 Å². The number of benzene rings is 1. The first-order chi connectivity index (χ1) is 12.6. The topological polar surface area (TPSA) is 60.4 Å². The van der Waals surface area contributed by atoms with E-state index in [1.54, 1.807) is 0 Å². The molecule has 0 fully saturated rings. The largest absolute Gasteiger partial charge is 0.351 e. The molecule has 4 nitrogen and oxygen atoms in total. The number of rotatable bonds is 6. The molecule has 2 N–H and O–H groups in total. The highest BCUT2D eigenvalue weighted by Gasteiger charge is 2.17. The van der Waals surface area contributed by atoms with Crippen molar-refractivity contribution in [3.63, 3.8) is 0 Å². The van der Waals surface area contributed by atoms with Crippen LogP contribution in [0.2, 0.25) is 0 Å². The highest BCUT2D eigenvalue weighted by molar-refractivity contribution is 6.10. The second-order valence-electron chi connectivity index (χ2n) is 6.35. The third-order valence-corrected chi connectivity index (χ3v) is 4.43. The molecule has 1 aliphatic rings. The SMILES string of the molecule is CC1=CC(/C=C/c2ccc(C=O)cc2)=NC/1=C(/CCN)c1cccn1C. The van der Waals surface area contributed by atoms with Gasteiger partial charge in [0.15, 0.2) is 0 Å². The second-order valence-corrected chi connectivity index (χ2v) is 6.35. The van der Waals surface area contributed by atoms with Crippen LogP contribution in [0.15, 0.2) is 71.0 Å². The van der Waals surface area contributed by atoms with E-state index in [-0.39, 0.29) is 0 Å². The summed E-state index contributed by atoms with van der Waals surface area (Å²) < 4.78 is 2.10. The number of hydrogen-bond donors (Lipinski definition) is 1. The molecule has 1 aromatic carbocycles. The van der Waals surface area contributed by atoms with Gasteiger partial charge in [-0.05, 0) is 55.3 Å². The lowest BCUT2D eigenvalue weighted by atomic mass is 10.0. The van der Waals surface area contributed by atoms with E-state index < -0.39 is 0 Å². The highest BCUT2D eigenvalue weighted by Crippen LogP contribution is 2.31. The van der Waals surface area contributed by atoms with Crippen LogP contribution in [0.5, 0.6) is 0 Å². The van der Waals surface area contributed by atoms with Gasteiger partial charge in [-0.3, -0.25) is 4.79 Å². The van der Waals surface area contributed by atoms with Crippen LogP contribution >= 0.6 is 0 Å². The number of allylic oxidation sites excluding steroid dienone is 3. The number of aliphatic imine (C=N–C) groups is 1. The fourth-order valence-corrected chi connectivity index (χ4v) is 3.08. The molecule has 0 atom stereocenters. The Labute approximate surface area is 154 Å². The normalized spacial score (nSPS) is 16.0. The fourth-order valence-electron chi connectivity index (χ4n) is 3.08. The maximum atomic E-state index is 10.7. The molecule has 0 amide bonds. The number of hydrogen-bond acceptors (Lipinski definition) is 3. The predicted molar refractivity (Wildman–Crippen MR) is 108 cm³/mol. The van der Waals surface area contributed by atoms with E-state index in [1.807, 2.05) is 55.7 Å². The lowest BCUT2D eigenvalue weighted by Gasteiger charge is -2.11. The molecule has 0 saturated heterocycles. The number of carbonyl (C=O) groups is 1. The minimum absolute atomic E-state index is 0.584. The van der Waals surface area contributed by atoms with E-state index in [0.717, 1.165) is 40.9 Å². The quantitative estimate of drug-likeness (QED) is 0.804. The Morgan fingerprint density at radius 1 is 1.15 bits per heavy atom. The van der Waals surface area contributed by atoms with Crippen molar-refractivity contribution in [1.29, 1.82) is 0 Å². The molecule has 1 aliphatic heterocycles. The van der Waals surface area contributed by atoms with Crippen LogP contribution in [0.4, 0.5) is 0 Å². The van der Waals surface area contributed by atoms with Crippen molar-refractivity contribution in [3.05, 3.63) is 82.8 Å². The van der Waals surface area contributed by atoms with Gasteiger partial charge in [-0.15, -0.1) is 0 Å². The zero-order valence-corrected chi connectivity index (χ0v) is 15.1. The number of carbonyl (C=O) groups excluding carboxylic acids is 1. The van der Waals surface area contributed by atoms with Gasteiger partial charge in [-0.2, -0.15) is 0 Å². The van der Waals surface area contributed by atoms with Crippen LogP contribution in [0.3, 0.4) is 0 Å². The monoisotopic (exact) mass is 345 g/mol. The summed E-state index contributed by atoms with van der Waals surface area (Å²) in [4.78, 5) is 15.6. The number of nitrogens with two attached hydrogens (primary N) is 1. The van der Waals surface area contributed by atoms with Gasteiger partial charge >= 0.3 is 0 Å². The minimum Gasteiger partial charge on any atom is -0.351 e. The maximum absolute atomic E-state index is 10.7. The molecule has 0 aliphatic carbocycles. The predicted octanol–water partition coefficient (Wildman–Crippen LogP) is 4.01. The summed E-state index contributed by atoms with van der Waals surface area (Å²) >= 11 is 0. The molecule has 26 heavy (non-hydrogen) atoms. The van der Waals surface area contributed by atoms with E-state index in [4.69, 9.17) is 10.7 Å². The Morgan fingerprint density at radius 2 is 1.88 bits per heavy atom. The van der Waals surface area contributed by atoms with E-state index >= 15 is 0 Å². The Balaban J connectivity index is 1.91. The average molecular weight is 345 g/mol. The zero-order valence-electron chi connectivity index (χ0n) is 15.1. The molecule has 0 radical (unpaired) electrons. The lowest BCUT2D eigenvalue weighted by Crippen LogP contribution is -2.05. The molecule has 0 saturated carbocycles. The summed E-state index contributed by atoms with van der Waals surface area (Å²) in [6.45, 7) is 2.67. The van der Waals surface area contributed by atoms with E-state index in [1.165, 1.54) is 5.57 Å². The third-order valence-electron chi connectivity index (χ3n) is 4.43. The summed E-state index contributed by atoms with van der Waals surface area (Å²) in [7, 11) is 2.04. The van der Waals surface area contributed by atoms with Crippen molar-refractivity contribution in [2.24, 2.45) is 17.8 Å². The summed E-state index contributed by atoms with van der Waals surface area (Å²) in [5, 5.41) is 0. The zero-order chi connectivity index (χ0) is 18.5. The lowest BCUT2D eigenvalue weighted by molar-refractivity contribution is 0.112. The van der Waals surface area contributed by atoms with Gasteiger partial charge < -0.3 is 10.3 Å². The minimum atomic E-state index is 0.584. The van der Waals surface area contributed by atoms with Crippen LogP contribution in [0, 0.1) is 0 Å². The third kappa shape index (κ3) is 3.81. The summed E-state index contributed by atoms with van der Waals surface area (Å²) in [6.07, 6.45) is 9.76. The van der Waals surface area contributed by atoms with Gasteiger partial charge in [0.05, 0.1) is 11.4 Å². The Kier molecular flexibility index (Phi) is 5.44. The molecule has 3 rings (SSSR count). The fraction of sp³-hybridized carbons (Fsp3) is 0.182. The molecule has 132 valence electrons. The summed E-state index contributed by atoms with van der Waals surface area (Å²) in [6, 6.07) is 11.6. The maximum Gasteiger partial charge on any atom is 0.150 e. The number of aldehydes is 1. The van der Waals surface area contributed by atoms with Crippen molar-refractivity contribution in [2.75, 3.05) is 6.54 Å². The van der Waals surface area contributed by atoms with Gasteiger partial charge in [-0.25, -0.2) is 4.99 Å². The molecular formula is C22H23N3O. The van der Waals surface area contributed by atoms with Crippen molar-refractivity contribution < 1.29 is 4.79 Å². The Hall–Kier alpha value is -2.98. The van der Waals surface area contributed by atoms with E-state index in [2.05, 4.69) is 23.6 Å². The number of aryl methyl sites for hydroxylation is 1. The molecule has 4 heteroatoms. The average Bonchev–Trinajstić information content (AvgIpc) is 3.24. The van der Waals surface area contributed by atoms with E-state index in [9.17, 15) is 4.79 Å². The van der Waals surface area contributed by atoms with Crippen molar-refractivity contribution in [3.8, 4) is 0 Å². The number of aromatic nitrogens is 1. The van der Waals surface area contributed by atoms with Gasteiger partial charge in [0.2, 0.25) is 0 Å². The van der Waals surface area contributed by atoms with Crippen molar-refractivity contribution in [1.82, 2.24) is 4.57 Å². The molecule has 0 spiro atoms. The van der Waals surface area contributed by atoms with Crippen LogP contribution in [-0.2, 0) is 7.05 Å². The first-order valence-electron chi connectivity index (χ1n) is 8.68. The molecule has 1 aromatic heterocycles. The second kappa shape index (κ2) is 7.93. The summed E-state index contributed by atoms with van der Waals surface area (Å²) in [5.41, 5.74) is 12.9. The standard InChI is InChI=1S/C22H23N3O/c1-16-14-19(10-9-17-5-7-18(15-26)8-6-17)24-22(16)20(11-12-23)21-4-3-13-25(21)2/h3-10,13-15H,11-12,23H2,1-2H3/b10-9+,22-20-. The molecule has 0 bridgehead atoms. The van der Waals surface area contributed by atoms with Crippen molar-refractivity contribution >= 4 is 23.6 Å².